The Hall–Kier alpha value is -2.10. The van der Waals surface area contributed by atoms with Crippen molar-refractivity contribution in [2.45, 2.75) is 34.6 Å². The Morgan fingerprint density at radius 1 is 1.00 bits per heavy atom. The standard InChI is InChI=1S/C9H6O2.C3H6O2.2C2H6/c10-9-6-5-7-3-1-2-4-8(7)11-9;1-3(4)5-2;2*1-2/h1-6H;1-2H3;2*1-2H3. The van der Waals surface area contributed by atoms with Gasteiger partial charge in [0.15, 0.2) is 0 Å². The van der Waals surface area contributed by atoms with E-state index in [9.17, 15) is 9.59 Å². The van der Waals surface area contributed by atoms with Crippen molar-refractivity contribution in [2.24, 2.45) is 0 Å². The van der Waals surface area contributed by atoms with Crippen LogP contribution >= 0.6 is 0 Å². The molecule has 0 unspecified atom stereocenters. The topological polar surface area (TPSA) is 56.5 Å². The van der Waals surface area contributed by atoms with Gasteiger partial charge in [0.2, 0.25) is 0 Å². The Morgan fingerprint density at radius 3 is 2.00 bits per heavy atom. The molecule has 4 nitrogen and oxygen atoms in total. The molecule has 0 amide bonds. The lowest BCUT2D eigenvalue weighted by molar-refractivity contribution is -0.137. The predicted octanol–water partition coefficient (Wildman–Crippen LogP) is 4.02. The van der Waals surface area contributed by atoms with Crippen LogP contribution in [-0.2, 0) is 9.53 Å². The summed E-state index contributed by atoms with van der Waals surface area (Å²) in [5.74, 6) is -0.245. The van der Waals surface area contributed by atoms with Gasteiger partial charge in [-0.05, 0) is 12.1 Å². The first-order valence-corrected chi connectivity index (χ1v) is 6.67. The molecule has 0 atom stereocenters. The van der Waals surface area contributed by atoms with Crippen molar-refractivity contribution in [3.8, 4) is 0 Å². The first-order chi connectivity index (χ1) is 9.63. The maximum absolute atomic E-state index is 10.7. The molecule has 0 fully saturated rings. The van der Waals surface area contributed by atoms with Gasteiger partial charge in [0.05, 0.1) is 7.11 Å². The zero-order valence-corrected chi connectivity index (χ0v) is 13.1. The minimum Gasteiger partial charge on any atom is -0.469 e. The van der Waals surface area contributed by atoms with Gasteiger partial charge in [0, 0.05) is 18.4 Å². The van der Waals surface area contributed by atoms with Gasteiger partial charge < -0.3 is 9.15 Å². The third-order valence-corrected chi connectivity index (χ3v) is 1.82. The smallest absolute Gasteiger partial charge is 0.336 e. The van der Waals surface area contributed by atoms with Crippen LogP contribution in [0.25, 0.3) is 11.0 Å². The largest absolute Gasteiger partial charge is 0.469 e. The highest BCUT2D eigenvalue weighted by Gasteiger charge is 1.92. The second-order valence-corrected chi connectivity index (χ2v) is 2.99. The summed E-state index contributed by atoms with van der Waals surface area (Å²) >= 11 is 0. The monoisotopic (exact) mass is 280 g/mol. The van der Waals surface area contributed by atoms with Crippen LogP contribution in [-0.4, -0.2) is 13.1 Å². The van der Waals surface area contributed by atoms with Crippen molar-refractivity contribution in [1.82, 2.24) is 0 Å². The second kappa shape index (κ2) is 13.3. The number of fused-ring (bicyclic) bond motifs is 1. The molecule has 2 aromatic rings. The number of methoxy groups -OCH3 is 1. The summed E-state index contributed by atoms with van der Waals surface area (Å²) in [7, 11) is 1.35. The van der Waals surface area contributed by atoms with Gasteiger partial charge in [0.25, 0.3) is 0 Å². The van der Waals surface area contributed by atoms with E-state index in [1.54, 1.807) is 12.1 Å². The van der Waals surface area contributed by atoms with Gasteiger partial charge in [-0.3, -0.25) is 4.79 Å². The molecule has 0 bridgehead atoms. The number of carbonyl (C=O) groups is 1. The SMILES string of the molecule is CC.CC.COC(C)=O.O=c1ccc2ccccc2o1. The summed E-state index contributed by atoms with van der Waals surface area (Å²) in [6.45, 7) is 9.36. The van der Waals surface area contributed by atoms with E-state index < -0.39 is 0 Å². The van der Waals surface area contributed by atoms with Crippen molar-refractivity contribution >= 4 is 16.9 Å². The van der Waals surface area contributed by atoms with Crippen LogP contribution in [0.3, 0.4) is 0 Å². The lowest BCUT2D eigenvalue weighted by Gasteiger charge is -1.91. The molecule has 1 heterocycles. The molecular formula is C16H24O4. The Morgan fingerprint density at radius 2 is 1.50 bits per heavy atom. The molecule has 20 heavy (non-hydrogen) atoms. The summed E-state index contributed by atoms with van der Waals surface area (Å²) in [6, 6.07) is 10.6. The fourth-order valence-electron chi connectivity index (χ4n) is 1.01. The van der Waals surface area contributed by atoms with E-state index in [0.717, 1.165) is 5.39 Å². The quantitative estimate of drug-likeness (QED) is 0.540. The van der Waals surface area contributed by atoms with Crippen molar-refractivity contribution in [2.75, 3.05) is 7.11 Å². The van der Waals surface area contributed by atoms with E-state index in [-0.39, 0.29) is 11.6 Å². The van der Waals surface area contributed by atoms with E-state index in [1.165, 1.54) is 20.1 Å². The molecule has 1 aromatic carbocycles. The van der Waals surface area contributed by atoms with Gasteiger partial charge in [-0.15, -0.1) is 0 Å². The summed E-state index contributed by atoms with van der Waals surface area (Å²) in [5, 5.41) is 0.951. The highest BCUT2D eigenvalue weighted by molar-refractivity contribution is 5.75. The van der Waals surface area contributed by atoms with Gasteiger partial charge in [-0.25, -0.2) is 4.79 Å². The van der Waals surface area contributed by atoms with Gasteiger partial charge in [-0.2, -0.15) is 0 Å². The fraction of sp³-hybridized carbons (Fsp3) is 0.375. The molecule has 0 aliphatic heterocycles. The van der Waals surface area contributed by atoms with Gasteiger partial charge in [0.1, 0.15) is 5.58 Å². The number of benzene rings is 1. The summed E-state index contributed by atoms with van der Waals surface area (Å²) in [5.41, 5.74) is 0.337. The highest BCUT2D eigenvalue weighted by Crippen LogP contribution is 2.08. The van der Waals surface area contributed by atoms with Crippen LogP contribution in [0.15, 0.2) is 45.6 Å². The number of ether oxygens (including phenoxy) is 1. The molecule has 0 saturated heterocycles. The lowest BCUT2D eigenvalue weighted by atomic mass is 10.2. The average molecular weight is 280 g/mol. The Bertz CT molecular complexity index is 529. The molecule has 2 rings (SSSR count). The zero-order chi connectivity index (χ0) is 16.0. The number of carbonyl (C=O) groups excluding carboxylic acids is 1. The zero-order valence-electron chi connectivity index (χ0n) is 13.1. The Balaban J connectivity index is 0. The average Bonchev–Trinajstić information content (AvgIpc) is 2.51. The normalized spacial score (nSPS) is 7.90. The van der Waals surface area contributed by atoms with Crippen molar-refractivity contribution in [3.63, 3.8) is 0 Å². The van der Waals surface area contributed by atoms with E-state index in [1.807, 2.05) is 45.9 Å². The fourth-order valence-corrected chi connectivity index (χ4v) is 1.01. The van der Waals surface area contributed by atoms with Crippen LogP contribution in [0, 0.1) is 0 Å². The van der Waals surface area contributed by atoms with E-state index in [0.29, 0.717) is 5.58 Å². The minimum absolute atomic E-state index is 0.245. The summed E-state index contributed by atoms with van der Waals surface area (Å²) in [6.07, 6.45) is 0. The minimum atomic E-state index is -0.302. The Labute approximate surface area is 120 Å². The molecule has 0 N–H and O–H groups in total. The first kappa shape index (κ1) is 20.2. The van der Waals surface area contributed by atoms with Crippen LogP contribution < -0.4 is 5.63 Å². The van der Waals surface area contributed by atoms with E-state index >= 15 is 0 Å². The van der Waals surface area contributed by atoms with Crippen molar-refractivity contribution < 1.29 is 13.9 Å². The number of rotatable bonds is 0. The third kappa shape index (κ3) is 8.91. The molecule has 0 spiro atoms. The molecule has 4 heteroatoms. The van der Waals surface area contributed by atoms with Crippen LogP contribution in [0.2, 0.25) is 0 Å². The first-order valence-electron chi connectivity index (χ1n) is 6.67. The van der Waals surface area contributed by atoms with E-state index in [2.05, 4.69) is 4.74 Å². The highest BCUT2D eigenvalue weighted by atomic mass is 16.5. The maximum Gasteiger partial charge on any atom is 0.336 e. The molecule has 1 aromatic heterocycles. The summed E-state index contributed by atoms with van der Waals surface area (Å²) < 4.78 is 9.02. The number of hydrogen-bond acceptors (Lipinski definition) is 4. The van der Waals surface area contributed by atoms with Crippen molar-refractivity contribution in [3.05, 3.63) is 46.8 Å². The predicted molar refractivity (Wildman–Crippen MR) is 82.9 cm³/mol. The van der Waals surface area contributed by atoms with Gasteiger partial charge in [-0.1, -0.05) is 45.9 Å². The molecular weight excluding hydrogens is 256 g/mol. The molecule has 0 aliphatic rings. The lowest BCUT2D eigenvalue weighted by Crippen LogP contribution is -1.93. The van der Waals surface area contributed by atoms with E-state index in [4.69, 9.17) is 4.42 Å². The van der Waals surface area contributed by atoms with Crippen molar-refractivity contribution in [1.29, 1.82) is 0 Å². The number of esters is 1. The van der Waals surface area contributed by atoms with Crippen LogP contribution in [0.5, 0.6) is 0 Å². The number of hydrogen-bond donors (Lipinski definition) is 0. The second-order valence-electron chi connectivity index (χ2n) is 2.99. The maximum atomic E-state index is 10.7. The Kier molecular flexibility index (Phi) is 13.5. The molecule has 0 radical (unpaired) electrons. The third-order valence-electron chi connectivity index (χ3n) is 1.82. The van der Waals surface area contributed by atoms with Gasteiger partial charge >= 0.3 is 11.6 Å². The number of para-hydroxylation sites is 1. The summed E-state index contributed by atoms with van der Waals surface area (Å²) in [4.78, 5) is 20.3. The molecule has 0 aliphatic carbocycles. The molecule has 112 valence electrons. The molecule has 0 saturated carbocycles. The van der Waals surface area contributed by atoms with Crippen LogP contribution in [0.1, 0.15) is 34.6 Å². The van der Waals surface area contributed by atoms with Crippen LogP contribution in [0.4, 0.5) is 0 Å².